The molecule has 0 bridgehead atoms. The van der Waals surface area contributed by atoms with Gasteiger partial charge in [-0.25, -0.2) is 4.79 Å². The predicted molar refractivity (Wildman–Crippen MR) is 54.1 cm³/mol. The monoisotopic (exact) mass is 182 g/mol. The molecule has 0 saturated carbocycles. The molecule has 0 spiro atoms. The molecule has 3 nitrogen and oxygen atoms in total. The maximum Gasteiger partial charge on any atom is 0.325 e. The van der Waals surface area contributed by atoms with Crippen molar-refractivity contribution in [2.45, 2.75) is 46.1 Å². The molecule has 0 aliphatic carbocycles. The van der Waals surface area contributed by atoms with Crippen molar-refractivity contribution >= 4 is 0 Å². The lowest BCUT2D eigenvalue weighted by Crippen LogP contribution is -2.26. The summed E-state index contributed by atoms with van der Waals surface area (Å²) in [7, 11) is 0. The van der Waals surface area contributed by atoms with Gasteiger partial charge in [0, 0.05) is 23.3 Å². The van der Waals surface area contributed by atoms with Gasteiger partial charge in [-0.15, -0.1) is 0 Å². The van der Waals surface area contributed by atoms with E-state index in [9.17, 15) is 4.79 Å². The molecule has 0 aromatic carbocycles. The number of hydrogen-bond donors (Lipinski definition) is 1. The van der Waals surface area contributed by atoms with Crippen molar-refractivity contribution in [2.24, 2.45) is 0 Å². The molecule has 1 N–H and O–H groups in total. The maximum atomic E-state index is 11.4. The molecule has 1 heterocycles. The van der Waals surface area contributed by atoms with Crippen molar-refractivity contribution in [2.75, 3.05) is 0 Å². The second kappa shape index (κ2) is 3.05. The summed E-state index contributed by atoms with van der Waals surface area (Å²) >= 11 is 0. The van der Waals surface area contributed by atoms with Gasteiger partial charge in [-0.2, -0.15) is 0 Å². The second-order valence-corrected chi connectivity index (χ2v) is 4.69. The SMILES string of the molecule is CC(C)n1c(C(C)(C)C)c[nH]c1=O. The van der Waals surface area contributed by atoms with Gasteiger partial charge < -0.3 is 4.98 Å². The Labute approximate surface area is 78.8 Å². The molecular weight excluding hydrogens is 164 g/mol. The zero-order valence-electron chi connectivity index (χ0n) is 9.01. The number of hydrogen-bond acceptors (Lipinski definition) is 1. The summed E-state index contributed by atoms with van der Waals surface area (Å²) in [5.74, 6) is 0. The fraction of sp³-hybridized carbons (Fsp3) is 0.700. The van der Waals surface area contributed by atoms with Gasteiger partial charge in [-0.05, 0) is 13.8 Å². The minimum absolute atomic E-state index is 0.0140. The first-order valence-corrected chi connectivity index (χ1v) is 4.64. The van der Waals surface area contributed by atoms with Gasteiger partial charge in [0.2, 0.25) is 0 Å². The molecule has 0 unspecified atom stereocenters. The third-order valence-corrected chi connectivity index (χ3v) is 2.10. The van der Waals surface area contributed by atoms with Crippen LogP contribution in [0.1, 0.15) is 46.4 Å². The van der Waals surface area contributed by atoms with Crippen molar-refractivity contribution < 1.29 is 0 Å². The Balaban J connectivity index is 3.32. The standard InChI is InChI=1S/C10H18N2O/c1-7(2)12-8(10(3,4)5)6-11-9(12)13/h6-7H,1-5H3,(H,11,13). The number of nitrogens with zero attached hydrogens (tertiary/aromatic N) is 1. The highest BCUT2D eigenvalue weighted by Crippen LogP contribution is 2.22. The Hall–Kier alpha value is -0.990. The quantitative estimate of drug-likeness (QED) is 0.709. The molecule has 0 aliphatic heterocycles. The van der Waals surface area contributed by atoms with Crippen LogP contribution in [0.25, 0.3) is 0 Å². The third-order valence-electron chi connectivity index (χ3n) is 2.10. The normalized spacial score (nSPS) is 12.5. The predicted octanol–water partition coefficient (Wildman–Crippen LogP) is 2.05. The van der Waals surface area contributed by atoms with Gasteiger partial charge >= 0.3 is 5.69 Å². The van der Waals surface area contributed by atoms with Crippen molar-refractivity contribution in [3.8, 4) is 0 Å². The van der Waals surface area contributed by atoms with Crippen LogP contribution in [0.15, 0.2) is 11.0 Å². The Kier molecular flexibility index (Phi) is 2.37. The second-order valence-electron chi connectivity index (χ2n) is 4.69. The minimum atomic E-state index is -0.0140. The lowest BCUT2D eigenvalue weighted by Gasteiger charge is -2.21. The van der Waals surface area contributed by atoms with E-state index in [2.05, 4.69) is 25.8 Å². The summed E-state index contributed by atoms with van der Waals surface area (Å²) in [6, 6.07) is 0.216. The lowest BCUT2D eigenvalue weighted by molar-refractivity contribution is 0.475. The highest BCUT2D eigenvalue weighted by atomic mass is 16.1. The number of aromatic amines is 1. The Morgan fingerprint density at radius 2 is 1.92 bits per heavy atom. The first-order chi connectivity index (χ1) is 5.84. The zero-order valence-corrected chi connectivity index (χ0v) is 9.01. The van der Waals surface area contributed by atoms with E-state index in [1.807, 2.05) is 20.0 Å². The van der Waals surface area contributed by atoms with Crippen LogP contribution >= 0.6 is 0 Å². The topological polar surface area (TPSA) is 37.8 Å². The molecule has 0 atom stereocenters. The van der Waals surface area contributed by atoms with Crippen LogP contribution in [0.2, 0.25) is 0 Å². The number of aromatic nitrogens is 2. The fourth-order valence-electron chi connectivity index (χ4n) is 1.47. The van der Waals surface area contributed by atoms with E-state index >= 15 is 0 Å². The van der Waals surface area contributed by atoms with Crippen LogP contribution in [0.5, 0.6) is 0 Å². The van der Waals surface area contributed by atoms with Crippen molar-refractivity contribution in [1.29, 1.82) is 0 Å². The zero-order chi connectivity index (χ0) is 10.2. The average Bonchev–Trinajstić information content (AvgIpc) is 2.28. The number of H-pyrrole nitrogens is 1. The van der Waals surface area contributed by atoms with E-state index in [4.69, 9.17) is 0 Å². The van der Waals surface area contributed by atoms with Gasteiger partial charge in [-0.1, -0.05) is 20.8 Å². The van der Waals surface area contributed by atoms with Gasteiger partial charge in [0.1, 0.15) is 0 Å². The molecule has 13 heavy (non-hydrogen) atoms. The average molecular weight is 182 g/mol. The van der Waals surface area contributed by atoms with Crippen LogP contribution in [0.3, 0.4) is 0 Å². The molecule has 0 fully saturated rings. The van der Waals surface area contributed by atoms with E-state index < -0.39 is 0 Å². The molecule has 0 saturated heterocycles. The molecule has 0 radical (unpaired) electrons. The molecule has 1 aromatic rings. The van der Waals surface area contributed by atoms with E-state index in [-0.39, 0.29) is 17.1 Å². The number of imidazole rings is 1. The maximum absolute atomic E-state index is 11.4. The Bertz CT molecular complexity index is 339. The molecule has 1 rings (SSSR count). The highest BCUT2D eigenvalue weighted by Gasteiger charge is 2.21. The summed E-state index contributed by atoms with van der Waals surface area (Å²) in [4.78, 5) is 14.2. The van der Waals surface area contributed by atoms with Crippen LogP contribution in [-0.2, 0) is 5.41 Å². The van der Waals surface area contributed by atoms with Crippen LogP contribution in [0, 0.1) is 0 Å². The van der Waals surface area contributed by atoms with Gasteiger partial charge in [0.15, 0.2) is 0 Å². The van der Waals surface area contributed by atoms with Crippen LogP contribution in [0.4, 0.5) is 0 Å². The number of nitrogens with one attached hydrogen (secondary N) is 1. The van der Waals surface area contributed by atoms with Crippen LogP contribution < -0.4 is 5.69 Å². The Morgan fingerprint density at radius 3 is 2.23 bits per heavy atom. The lowest BCUT2D eigenvalue weighted by atomic mass is 9.92. The smallest absolute Gasteiger partial charge is 0.312 e. The first-order valence-electron chi connectivity index (χ1n) is 4.64. The van der Waals surface area contributed by atoms with Gasteiger partial charge in [0.05, 0.1) is 0 Å². The van der Waals surface area contributed by atoms with E-state index in [0.29, 0.717) is 0 Å². The molecule has 74 valence electrons. The van der Waals surface area contributed by atoms with E-state index in [0.717, 1.165) is 5.69 Å². The van der Waals surface area contributed by atoms with Crippen LogP contribution in [-0.4, -0.2) is 9.55 Å². The summed E-state index contributed by atoms with van der Waals surface area (Å²) in [5, 5.41) is 0. The summed E-state index contributed by atoms with van der Waals surface area (Å²) in [6.07, 6.45) is 1.81. The van der Waals surface area contributed by atoms with Crippen molar-refractivity contribution in [3.05, 3.63) is 22.4 Å². The molecular formula is C10H18N2O. The molecule has 3 heteroatoms. The highest BCUT2D eigenvalue weighted by molar-refractivity contribution is 5.11. The van der Waals surface area contributed by atoms with Crippen molar-refractivity contribution in [3.63, 3.8) is 0 Å². The van der Waals surface area contributed by atoms with E-state index in [1.54, 1.807) is 4.57 Å². The van der Waals surface area contributed by atoms with E-state index in [1.165, 1.54) is 0 Å². The largest absolute Gasteiger partial charge is 0.325 e. The summed E-state index contributed by atoms with van der Waals surface area (Å²) in [5.41, 5.74) is 1.07. The third kappa shape index (κ3) is 1.85. The summed E-state index contributed by atoms with van der Waals surface area (Å²) in [6.45, 7) is 10.4. The fourth-order valence-corrected chi connectivity index (χ4v) is 1.47. The van der Waals surface area contributed by atoms with Gasteiger partial charge in [0.25, 0.3) is 0 Å². The minimum Gasteiger partial charge on any atom is -0.312 e. The van der Waals surface area contributed by atoms with Gasteiger partial charge in [-0.3, -0.25) is 4.57 Å². The molecule has 0 amide bonds. The van der Waals surface area contributed by atoms with Crippen molar-refractivity contribution in [1.82, 2.24) is 9.55 Å². The Morgan fingerprint density at radius 1 is 1.38 bits per heavy atom. The summed E-state index contributed by atoms with van der Waals surface area (Å²) < 4.78 is 1.81. The first kappa shape index (κ1) is 10.1. The molecule has 1 aromatic heterocycles. The molecule has 0 aliphatic rings. The number of rotatable bonds is 1.